The summed E-state index contributed by atoms with van der Waals surface area (Å²) in [5, 5.41) is 3.77. The van der Waals surface area contributed by atoms with E-state index in [0.717, 1.165) is 18.5 Å². The number of likely N-dealkylation sites (N-methyl/N-ethyl adjacent to an activating group) is 1. The lowest BCUT2D eigenvalue weighted by Crippen LogP contribution is -2.45. The van der Waals surface area contributed by atoms with Gasteiger partial charge in [-0.2, -0.15) is 0 Å². The van der Waals surface area contributed by atoms with Crippen molar-refractivity contribution >= 4 is 0 Å². The number of rotatable bonds is 6. The summed E-state index contributed by atoms with van der Waals surface area (Å²) in [5.41, 5.74) is 3.13. The molecule has 4 rings (SSSR count). The first kappa shape index (κ1) is 12.8. The van der Waals surface area contributed by atoms with Gasteiger partial charge in [-0.3, -0.25) is 4.90 Å². The summed E-state index contributed by atoms with van der Waals surface area (Å²) in [4.78, 5) is 2.87. The van der Waals surface area contributed by atoms with Crippen LogP contribution >= 0.6 is 0 Å². The van der Waals surface area contributed by atoms with Crippen LogP contribution in [0.5, 0.6) is 0 Å². The molecule has 2 heteroatoms. The first-order chi connectivity index (χ1) is 9.86. The summed E-state index contributed by atoms with van der Waals surface area (Å²) in [6, 6.07) is 11.2. The summed E-state index contributed by atoms with van der Waals surface area (Å²) in [6.45, 7) is 4.66. The number of benzene rings is 1. The average molecular weight is 270 g/mol. The molecule has 1 aromatic carbocycles. The van der Waals surface area contributed by atoms with Gasteiger partial charge < -0.3 is 5.32 Å². The van der Waals surface area contributed by atoms with Crippen LogP contribution in [-0.2, 0) is 6.42 Å². The predicted octanol–water partition coefficient (Wildman–Crippen LogP) is 3.14. The number of fused-ring (bicyclic) bond motifs is 1. The Kier molecular flexibility index (Phi) is 3.31. The van der Waals surface area contributed by atoms with Crippen molar-refractivity contribution in [2.75, 3.05) is 13.1 Å². The average Bonchev–Trinajstić information content (AvgIpc) is 3.35. The van der Waals surface area contributed by atoms with E-state index < -0.39 is 0 Å². The molecule has 3 aliphatic rings. The van der Waals surface area contributed by atoms with Crippen LogP contribution in [0.1, 0.15) is 49.8 Å². The van der Waals surface area contributed by atoms with E-state index in [4.69, 9.17) is 0 Å². The Labute approximate surface area is 122 Å². The highest BCUT2D eigenvalue weighted by atomic mass is 15.2. The standard InChI is InChI=1S/C18H26N2/c1-2-19-18-16-6-4-3-5-14(16)11-17(18)20(15-9-10-15)12-13-7-8-13/h3-6,13,15,17-19H,2,7-12H2,1H3. The van der Waals surface area contributed by atoms with Crippen LogP contribution in [0.4, 0.5) is 0 Å². The van der Waals surface area contributed by atoms with E-state index in [0.29, 0.717) is 12.1 Å². The van der Waals surface area contributed by atoms with Crippen molar-refractivity contribution < 1.29 is 0 Å². The number of nitrogens with zero attached hydrogens (tertiary/aromatic N) is 1. The Hall–Kier alpha value is -0.860. The minimum absolute atomic E-state index is 0.551. The van der Waals surface area contributed by atoms with Gasteiger partial charge in [0.15, 0.2) is 0 Å². The molecule has 0 bridgehead atoms. The van der Waals surface area contributed by atoms with Crippen LogP contribution in [-0.4, -0.2) is 30.1 Å². The monoisotopic (exact) mass is 270 g/mol. The third-order valence-electron chi connectivity index (χ3n) is 5.24. The Morgan fingerprint density at radius 2 is 1.95 bits per heavy atom. The molecule has 2 fully saturated rings. The van der Waals surface area contributed by atoms with Crippen molar-refractivity contribution in [1.82, 2.24) is 10.2 Å². The lowest BCUT2D eigenvalue weighted by Gasteiger charge is -2.34. The van der Waals surface area contributed by atoms with E-state index >= 15 is 0 Å². The molecule has 0 radical (unpaired) electrons. The fourth-order valence-corrected chi connectivity index (χ4v) is 3.91. The lowest BCUT2D eigenvalue weighted by atomic mass is 10.1. The first-order valence-electron chi connectivity index (χ1n) is 8.43. The second-order valence-corrected chi connectivity index (χ2v) is 6.88. The van der Waals surface area contributed by atoms with Gasteiger partial charge in [-0.05, 0) is 55.7 Å². The lowest BCUT2D eigenvalue weighted by molar-refractivity contribution is 0.150. The van der Waals surface area contributed by atoms with Gasteiger partial charge in [0.2, 0.25) is 0 Å². The summed E-state index contributed by atoms with van der Waals surface area (Å²) >= 11 is 0. The van der Waals surface area contributed by atoms with E-state index in [2.05, 4.69) is 41.4 Å². The van der Waals surface area contributed by atoms with Crippen molar-refractivity contribution in [3.8, 4) is 0 Å². The molecule has 0 saturated heterocycles. The molecule has 0 aliphatic heterocycles. The minimum Gasteiger partial charge on any atom is -0.309 e. The minimum atomic E-state index is 0.551. The number of nitrogens with one attached hydrogen (secondary N) is 1. The Morgan fingerprint density at radius 1 is 1.15 bits per heavy atom. The zero-order valence-electron chi connectivity index (χ0n) is 12.5. The Morgan fingerprint density at radius 3 is 2.65 bits per heavy atom. The van der Waals surface area contributed by atoms with Crippen LogP contribution in [0.25, 0.3) is 0 Å². The summed E-state index contributed by atoms with van der Waals surface area (Å²) in [5.74, 6) is 1.00. The van der Waals surface area contributed by atoms with Crippen LogP contribution in [0.2, 0.25) is 0 Å². The van der Waals surface area contributed by atoms with Crippen molar-refractivity contribution in [3.05, 3.63) is 35.4 Å². The molecule has 0 spiro atoms. The zero-order chi connectivity index (χ0) is 13.5. The van der Waals surface area contributed by atoms with Gasteiger partial charge in [-0.25, -0.2) is 0 Å². The van der Waals surface area contributed by atoms with E-state index in [1.165, 1.54) is 38.6 Å². The molecule has 2 atom stereocenters. The molecule has 1 N–H and O–H groups in total. The molecule has 20 heavy (non-hydrogen) atoms. The highest BCUT2D eigenvalue weighted by Gasteiger charge is 2.43. The molecule has 0 heterocycles. The van der Waals surface area contributed by atoms with Gasteiger partial charge >= 0.3 is 0 Å². The summed E-state index contributed by atoms with van der Waals surface area (Å²) < 4.78 is 0. The van der Waals surface area contributed by atoms with E-state index in [1.54, 1.807) is 11.1 Å². The van der Waals surface area contributed by atoms with Gasteiger partial charge in [0.1, 0.15) is 0 Å². The topological polar surface area (TPSA) is 15.3 Å². The third-order valence-corrected chi connectivity index (χ3v) is 5.24. The molecular weight excluding hydrogens is 244 g/mol. The van der Waals surface area contributed by atoms with Crippen LogP contribution in [0.15, 0.2) is 24.3 Å². The molecule has 2 nitrogen and oxygen atoms in total. The fraction of sp³-hybridized carbons (Fsp3) is 0.667. The molecule has 2 saturated carbocycles. The zero-order valence-corrected chi connectivity index (χ0v) is 12.5. The molecule has 1 aromatic rings. The quantitative estimate of drug-likeness (QED) is 0.854. The first-order valence-corrected chi connectivity index (χ1v) is 8.43. The van der Waals surface area contributed by atoms with Crippen LogP contribution in [0.3, 0.4) is 0 Å². The molecule has 0 aromatic heterocycles. The number of hydrogen-bond acceptors (Lipinski definition) is 2. The molecule has 108 valence electrons. The van der Waals surface area contributed by atoms with E-state index in [1.807, 2.05) is 0 Å². The maximum atomic E-state index is 3.77. The van der Waals surface area contributed by atoms with Gasteiger partial charge in [-0.1, -0.05) is 31.2 Å². The highest BCUT2D eigenvalue weighted by molar-refractivity contribution is 5.37. The van der Waals surface area contributed by atoms with Crippen LogP contribution in [0, 0.1) is 5.92 Å². The largest absolute Gasteiger partial charge is 0.309 e. The van der Waals surface area contributed by atoms with E-state index in [-0.39, 0.29) is 0 Å². The van der Waals surface area contributed by atoms with Crippen molar-refractivity contribution in [3.63, 3.8) is 0 Å². The van der Waals surface area contributed by atoms with Gasteiger partial charge in [0, 0.05) is 24.7 Å². The third kappa shape index (κ3) is 2.40. The molecular formula is C18H26N2. The summed E-state index contributed by atoms with van der Waals surface area (Å²) in [7, 11) is 0. The Bertz CT molecular complexity index is 476. The van der Waals surface area contributed by atoms with Gasteiger partial charge in [-0.15, -0.1) is 0 Å². The highest BCUT2D eigenvalue weighted by Crippen LogP contribution is 2.42. The van der Waals surface area contributed by atoms with Crippen molar-refractivity contribution in [2.45, 2.75) is 57.2 Å². The van der Waals surface area contributed by atoms with Gasteiger partial charge in [0.25, 0.3) is 0 Å². The van der Waals surface area contributed by atoms with Crippen molar-refractivity contribution in [2.24, 2.45) is 5.92 Å². The normalized spacial score (nSPS) is 28.9. The molecule has 3 aliphatic carbocycles. The van der Waals surface area contributed by atoms with Gasteiger partial charge in [0.05, 0.1) is 0 Å². The SMILES string of the molecule is CCNC1c2ccccc2CC1N(CC1CC1)C1CC1. The second-order valence-electron chi connectivity index (χ2n) is 6.88. The second kappa shape index (κ2) is 5.16. The fourth-order valence-electron chi connectivity index (χ4n) is 3.91. The predicted molar refractivity (Wildman–Crippen MR) is 82.8 cm³/mol. The van der Waals surface area contributed by atoms with E-state index in [9.17, 15) is 0 Å². The molecule has 2 unspecified atom stereocenters. The summed E-state index contributed by atoms with van der Waals surface area (Å²) in [6.07, 6.45) is 7.04. The molecule has 0 amide bonds. The number of hydrogen-bond donors (Lipinski definition) is 1. The maximum Gasteiger partial charge on any atom is 0.0484 e. The van der Waals surface area contributed by atoms with Crippen molar-refractivity contribution in [1.29, 1.82) is 0 Å². The Balaban J connectivity index is 1.59. The maximum absolute atomic E-state index is 3.77. The van der Waals surface area contributed by atoms with Crippen LogP contribution < -0.4 is 5.32 Å². The smallest absolute Gasteiger partial charge is 0.0484 e.